The van der Waals surface area contributed by atoms with Crippen LogP contribution in [0.4, 0.5) is 0 Å². The van der Waals surface area contributed by atoms with E-state index < -0.39 is 25.9 Å². The lowest BCUT2D eigenvalue weighted by Crippen LogP contribution is -2.40. The zero-order valence-electron chi connectivity index (χ0n) is 19.1. The van der Waals surface area contributed by atoms with Gasteiger partial charge in [-0.15, -0.1) is 0 Å². The van der Waals surface area contributed by atoms with Crippen LogP contribution < -0.4 is 4.74 Å². The maximum absolute atomic E-state index is 13.7. The topological polar surface area (TPSA) is 80.8 Å². The highest BCUT2D eigenvalue weighted by molar-refractivity contribution is 7.92. The fourth-order valence-corrected chi connectivity index (χ4v) is 7.56. The minimum Gasteiger partial charge on any atom is -0.494 e. The molecule has 0 aromatic heterocycles. The molecule has 1 aliphatic rings. The first-order valence-corrected chi connectivity index (χ1v) is 14.6. The van der Waals surface area contributed by atoms with E-state index in [4.69, 9.17) is 4.74 Å². The average Bonchev–Trinajstić information content (AvgIpc) is 3.21. The van der Waals surface area contributed by atoms with Gasteiger partial charge in [-0.2, -0.15) is 4.31 Å². The average molecular weight is 500 g/mol. The summed E-state index contributed by atoms with van der Waals surface area (Å²) in [6, 6.07) is 23.2. The van der Waals surface area contributed by atoms with Crippen LogP contribution in [0.2, 0.25) is 0 Å². The number of ether oxygens (including phenoxy) is 1. The standard InChI is InChI=1S/C26H29NO5S2/c1-2-17-32-25-12-8-21(9-13-25)19-27(24-16-18-33(28,29)20-24)34(30,31)26-14-10-23(11-15-26)22-6-4-3-5-7-22/h3-15,24H,2,16-20H2,1H3/t24-/m1/s1. The predicted octanol–water partition coefficient (Wildman–Crippen LogP) is 4.52. The quantitative estimate of drug-likeness (QED) is 0.432. The van der Waals surface area contributed by atoms with Gasteiger partial charge in [0.25, 0.3) is 0 Å². The van der Waals surface area contributed by atoms with E-state index in [2.05, 4.69) is 0 Å². The van der Waals surface area contributed by atoms with Crippen molar-refractivity contribution in [3.63, 3.8) is 0 Å². The maximum atomic E-state index is 13.7. The number of sulfonamides is 1. The molecule has 0 unspecified atom stereocenters. The second kappa shape index (κ2) is 10.3. The van der Waals surface area contributed by atoms with Crippen LogP contribution >= 0.6 is 0 Å². The lowest BCUT2D eigenvalue weighted by atomic mass is 10.1. The van der Waals surface area contributed by atoms with Gasteiger partial charge in [-0.25, -0.2) is 16.8 Å². The van der Waals surface area contributed by atoms with Crippen LogP contribution in [-0.4, -0.2) is 45.3 Å². The van der Waals surface area contributed by atoms with Crippen LogP contribution in [0.5, 0.6) is 5.75 Å². The summed E-state index contributed by atoms with van der Waals surface area (Å²) >= 11 is 0. The second-order valence-electron chi connectivity index (χ2n) is 8.49. The number of sulfone groups is 1. The Morgan fingerprint density at radius 3 is 2.15 bits per heavy atom. The van der Waals surface area contributed by atoms with Crippen LogP contribution in [0.1, 0.15) is 25.3 Å². The summed E-state index contributed by atoms with van der Waals surface area (Å²) in [7, 11) is -7.18. The molecule has 1 aliphatic heterocycles. The Balaban J connectivity index is 1.62. The Hall–Kier alpha value is -2.68. The van der Waals surface area contributed by atoms with Crippen molar-refractivity contribution in [1.82, 2.24) is 4.31 Å². The number of nitrogens with zero attached hydrogens (tertiary/aromatic N) is 1. The summed E-state index contributed by atoms with van der Waals surface area (Å²) in [5, 5.41) is 0. The van der Waals surface area contributed by atoms with Crippen molar-refractivity contribution in [3.05, 3.63) is 84.4 Å². The van der Waals surface area contributed by atoms with Crippen molar-refractivity contribution < 1.29 is 21.6 Å². The lowest BCUT2D eigenvalue weighted by Gasteiger charge is -2.27. The Labute approximate surface area is 202 Å². The fourth-order valence-electron chi connectivity index (χ4n) is 4.09. The van der Waals surface area contributed by atoms with Gasteiger partial charge < -0.3 is 4.74 Å². The molecule has 1 atom stereocenters. The largest absolute Gasteiger partial charge is 0.494 e. The molecule has 0 saturated carbocycles. The van der Waals surface area contributed by atoms with E-state index in [1.54, 1.807) is 24.3 Å². The first kappa shape index (κ1) is 24.4. The molecule has 0 amide bonds. The van der Waals surface area contributed by atoms with Crippen molar-refractivity contribution >= 4 is 19.9 Å². The molecule has 3 aromatic carbocycles. The molecule has 34 heavy (non-hydrogen) atoms. The number of benzene rings is 3. The molecule has 1 saturated heterocycles. The highest BCUT2D eigenvalue weighted by Crippen LogP contribution is 2.29. The van der Waals surface area contributed by atoms with Crippen LogP contribution in [0.25, 0.3) is 11.1 Å². The monoisotopic (exact) mass is 499 g/mol. The van der Waals surface area contributed by atoms with Gasteiger partial charge in [0, 0.05) is 12.6 Å². The highest BCUT2D eigenvalue weighted by Gasteiger charge is 2.38. The molecule has 180 valence electrons. The third-order valence-corrected chi connectivity index (χ3v) is 9.58. The van der Waals surface area contributed by atoms with Gasteiger partial charge in [0.1, 0.15) is 5.75 Å². The fraction of sp³-hybridized carbons (Fsp3) is 0.308. The molecular weight excluding hydrogens is 470 g/mol. The molecule has 6 nitrogen and oxygen atoms in total. The lowest BCUT2D eigenvalue weighted by molar-refractivity contribution is 0.316. The van der Waals surface area contributed by atoms with Gasteiger partial charge in [-0.05, 0) is 53.8 Å². The molecule has 0 spiro atoms. The molecule has 1 heterocycles. The smallest absolute Gasteiger partial charge is 0.243 e. The SMILES string of the molecule is CCCOc1ccc(CN([C@@H]2CCS(=O)(=O)C2)S(=O)(=O)c2ccc(-c3ccccc3)cc2)cc1. The molecular formula is C26H29NO5S2. The summed E-state index contributed by atoms with van der Waals surface area (Å²) in [5.74, 6) is 0.562. The Morgan fingerprint density at radius 2 is 1.56 bits per heavy atom. The van der Waals surface area contributed by atoms with Crippen molar-refractivity contribution in [3.8, 4) is 16.9 Å². The van der Waals surface area contributed by atoms with Gasteiger partial charge in [-0.3, -0.25) is 0 Å². The summed E-state index contributed by atoms with van der Waals surface area (Å²) in [5.41, 5.74) is 2.69. The molecule has 0 bridgehead atoms. The van der Waals surface area contributed by atoms with Gasteiger partial charge in [0.05, 0.1) is 23.0 Å². The van der Waals surface area contributed by atoms with Crippen LogP contribution in [-0.2, 0) is 26.4 Å². The van der Waals surface area contributed by atoms with E-state index in [-0.39, 0.29) is 22.9 Å². The van der Waals surface area contributed by atoms with Crippen molar-refractivity contribution in [2.75, 3.05) is 18.1 Å². The van der Waals surface area contributed by atoms with Crippen LogP contribution in [0.3, 0.4) is 0 Å². The predicted molar refractivity (Wildman–Crippen MR) is 134 cm³/mol. The highest BCUT2D eigenvalue weighted by atomic mass is 32.2. The van der Waals surface area contributed by atoms with Crippen molar-refractivity contribution in [2.24, 2.45) is 0 Å². The van der Waals surface area contributed by atoms with Gasteiger partial charge in [0.15, 0.2) is 9.84 Å². The molecule has 0 aliphatic carbocycles. The van der Waals surface area contributed by atoms with Crippen LogP contribution in [0.15, 0.2) is 83.8 Å². The molecule has 8 heteroatoms. The molecule has 0 radical (unpaired) electrons. The van der Waals surface area contributed by atoms with E-state index in [0.717, 1.165) is 28.9 Å². The van der Waals surface area contributed by atoms with Crippen LogP contribution in [0, 0.1) is 0 Å². The minimum absolute atomic E-state index is 0.000424. The van der Waals surface area contributed by atoms with E-state index in [1.165, 1.54) is 4.31 Å². The maximum Gasteiger partial charge on any atom is 0.243 e. The Kier molecular flexibility index (Phi) is 7.40. The summed E-state index contributed by atoms with van der Waals surface area (Å²) in [6.45, 7) is 2.73. The van der Waals surface area contributed by atoms with E-state index >= 15 is 0 Å². The third kappa shape index (κ3) is 5.68. The van der Waals surface area contributed by atoms with Crippen molar-refractivity contribution in [1.29, 1.82) is 0 Å². The molecule has 3 aromatic rings. The zero-order valence-corrected chi connectivity index (χ0v) is 20.8. The normalized spacial score (nSPS) is 17.6. The minimum atomic E-state index is -3.92. The zero-order chi connectivity index (χ0) is 24.2. The number of hydrogen-bond donors (Lipinski definition) is 0. The van der Waals surface area contributed by atoms with Gasteiger partial charge >= 0.3 is 0 Å². The summed E-state index contributed by atoms with van der Waals surface area (Å²) in [4.78, 5) is 0.152. The summed E-state index contributed by atoms with van der Waals surface area (Å²) < 4.78 is 58.7. The third-order valence-electron chi connectivity index (χ3n) is 5.92. The first-order valence-electron chi connectivity index (χ1n) is 11.4. The molecule has 0 N–H and O–H groups in total. The van der Waals surface area contributed by atoms with Gasteiger partial charge in [-0.1, -0.05) is 61.5 Å². The van der Waals surface area contributed by atoms with E-state index in [0.29, 0.717) is 13.0 Å². The number of rotatable bonds is 9. The summed E-state index contributed by atoms with van der Waals surface area (Å²) in [6.07, 6.45) is 1.19. The van der Waals surface area contributed by atoms with E-state index in [9.17, 15) is 16.8 Å². The second-order valence-corrected chi connectivity index (χ2v) is 12.6. The van der Waals surface area contributed by atoms with Crippen molar-refractivity contribution in [2.45, 2.75) is 37.2 Å². The first-order chi connectivity index (χ1) is 16.3. The molecule has 4 rings (SSSR count). The Bertz CT molecular complexity index is 1300. The Morgan fingerprint density at radius 1 is 0.912 bits per heavy atom. The van der Waals surface area contributed by atoms with E-state index in [1.807, 2.05) is 61.5 Å². The molecule has 1 fully saturated rings. The van der Waals surface area contributed by atoms with Gasteiger partial charge in [0.2, 0.25) is 10.0 Å². The number of hydrogen-bond acceptors (Lipinski definition) is 5.